The molecule has 0 atom stereocenters. The number of fused-ring (bicyclic) bond motifs is 1. The van der Waals surface area contributed by atoms with E-state index in [-0.39, 0.29) is 0 Å². The quantitative estimate of drug-likeness (QED) is 0.655. The van der Waals surface area contributed by atoms with Crippen molar-refractivity contribution in [3.05, 3.63) is 40.7 Å². The lowest BCUT2D eigenvalue weighted by atomic mass is 10.2. The van der Waals surface area contributed by atoms with Crippen molar-refractivity contribution in [1.29, 1.82) is 0 Å². The van der Waals surface area contributed by atoms with E-state index in [0.717, 1.165) is 42.1 Å². The Morgan fingerprint density at radius 2 is 2.12 bits per heavy atom. The Hall–Kier alpha value is -1.52. The molecule has 0 amide bonds. The van der Waals surface area contributed by atoms with Crippen molar-refractivity contribution < 1.29 is 8.42 Å². The Morgan fingerprint density at radius 3 is 2.88 bits per heavy atom. The van der Waals surface area contributed by atoms with Gasteiger partial charge >= 0.3 is 0 Å². The number of rotatable bonds is 6. The number of piperazine rings is 1. The van der Waals surface area contributed by atoms with Crippen LogP contribution in [0.5, 0.6) is 0 Å². The molecule has 3 aromatic heterocycles. The van der Waals surface area contributed by atoms with E-state index in [4.69, 9.17) is 0 Å². The third-order valence-corrected chi connectivity index (χ3v) is 8.30. The predicted molar refractivity (Wildman–Crippen MR) is 108 cm³/mol. The standard InChI is InChI=1S/C17H20N4O2S3/c22-26(23,20-6-3-13-2-1-11-24-13)16-12-14-15(25-16)4-5-19-17(14)21-9-7-18-8-10-21/h1-2,4-5,11-12,18,20H,3,6-10H2. The highest BCUT2D eigenvalue weighted by Gasteiger charge is 2.21. The minimum atomic E-state index is -3.51. The van der Waals surface area contributed by atoms with Crippen LogP contribution in [0, 0.1) is 0 Å². The molecule has 9 heteroatoms. The fraction of sp³-hybridized carbons (Fsp3) is 0.353. The summed E-state index contributed by atoms with van der Waals surface area (Å²) in [5, 5.41) is 6.24. The molecule has 2 N–H and O–H groups in total. The van der Waals surface area contributed by atoms with Crippen LogP contribution in [0.15, 0.2) is 40.1 Å². The maximum Gasteiger partial charge on any atom is 0.250 e. The largest absolute Gasteiger partial charge is 0.354 e. The van der Waals surface area contributed by atoms with Gasteiger partial charge in [0.1, 0.15) is 10.0 Å². The molecule has 0 radical (unpaired) electrons. The van der Waals surface area contributed by atoms with Crippen molar-refractivity contribution in [2.45, 2.75) is 10.6 Å². The van der Waals surface area contributed by atoms with Gasteiger partial charge in [-0.15, -0.1) is 22.7 Å². The first-order chi connectivity index (χ1) is 12.6. The van der Waals surface area contributed by atoms with Gasteiger partial charge in [-0.05, 0) is 30.0 Å². The predicted octanol–water partition coefficient (Wildman–Crippen LogP) is 2.29. The molecule has 0 aliphatic carbocycles. The molecule has 0 saturated carbocycles. The van der Waals surface area contributed by atoms with E-state index in [2.05, 4.69) is 19.9 Å². The zero-order valence-electron chi connectivity index (χ0n) is 14.1. The van der Waals surface area contributed by atoms with Crippen molar-refractivity contribution in [3.8, 4) is 0 Å². The number of nitrogens with one attached hydrogen (secondary N) is 2. The second-order valence-electron chi connectivity index (χ2n) is 6.08. The van der Waals surface area contributed by atoms with E-state index in [1.54, 1.807) is 23.6 Å². The first-order valence-electron chi connectivity index (χ1n) is 8.50. The summed E-state index contributed by atoms with van der Waals surface area (Å²) in [5.74, 6) is 0.875. The number of anilines is 1. The molecule has 26 heavy (non-hydrogen) atoms. The van der Waals surface area contributed by atoms with Crippen LogP contribution in [0.25, 0.3) is 10.1 Å². The van der Waals surface area contributed by atoms with Crippen LogP contribution >= 0.6 is 22.7 Å². The van der Waals surface area contributed by atoms with E-state index >= 15 is 0 Å². The minimum absolute atomic E-state index is 0.350. The minimum Gasteiger partial charge on any atom is -0.354 e. The van der Waals surface area contributed by atoms with Crippen LogP contribution in [-0.2, 0) is 16.4 Å². The molecule has 1 saturated heterocycles. The number of pyridine rings is 1. The van der Waals surface area contributed by atoms with Crippen molar-refractivity contribution in [3.63, 3.8) is 0 Å². The average Bonchev–Trinajstić information content (AvgIpc) is 3.31. The lowest BCUT2D eigenvalue weighted by molar-refractivity contribution is 0.583. The Labute approximate surface area is 160 Å². The number of thiophene rings is 2. The molecule has 1 fully saturated rings. The van der Waals surface area contributed by atoms with Crippen molar-refractivity contribution >= 4 is 48.6 Å². The van der Waals surface area contributed by atoms with Crippen LogP contribution in [-0.4, -0.2) is 46.1 Å². The third-order valence-electron chi connectivity index (χ3n) is 4.33. The number of hydrogen-bond acceptors (Lipinski definition) is 7. The molecule has 0 bridgehead atoms. The highest BCUT2D eigenvalue weighted by atomic mass is 32.2. The number of hydrogen-bond donors (Lipinski definition) is 2. The van der Waals surface area contributed by atoms with Crippen LogP contribution < -0.4 is 14.9 Å². The highest BCUT2D eigenvalue weighted by Crippen LogP contribution is 2.34. The number of aromatic nitrogens is 1. The molecule has 1 aliphatic heterocycles. The Morgan fingerprint density at radius 1 is 1.27 bits per heavy atom. The van der Waals surface area contributed by atoms with Gasteiger partial charge in [0, 0.05) is 53.9 Å². The van der Waals surface area contributed by atoms with Crippen molar-refractivity contribution in [1.82, 2.24) is 15.0 Å². The van der Waals surface area contributed by atoms with Gasteiger partial charge < -0.3 is 10.2 Å². The molecular formula is C17H20N4O2S3. The van der Waals surface area contributed by atoms with Gasteiger partial charge in [0.15, 0.2) is 0 Å². The van der Waals surface area contributed by atoms with E-state index < -0.39 is 10.0 Å². The molecule has 0 unspecified atom stereocenters. The zero-order chi connectivity index (χ0) is 18.0. The monoisotopic (exact) mass is 408 g/mol. The smallest absolute Gasteiger partial charge is 0.250 e. The summed E-state index contributed by atoms with van der Waals surface area (Å²) in [4.78, 5) is 7.90. The molecule has 0 spiro atoms. The average molecular weight is 409 g/mol. The fourth-order valence-corrected chi connectivity index (χ4v) is 6.18. The lowest BCUT2D eigenvalue weighted by Crippen LogP contribution is -2.43. The van der Waals surface area contributed by atoms with Gasteiger partial charge in [-0.25, -0.2) is 18.1 Å². The van der Waals surface area contributed by atoms with E-state index in [9.17, 15) is 8.42 Å². The molecule has 6 nitrogen and oxygen atoms in total. The Balaban J connectivity index is 1.56. The molecule has 0 aromatic carbocycles. The molecule has 138 valence electrons. The first kappa shape index (κ1) is 17.9. The summed E-state index contributed by atoms with van der Waals surface area (Å²) in [5.41, 5.74) is 0. The lowest BCUT2D eigenvalue weighted by Gasteiger charge is -2.28. The van der Waals surface area contributed by atoms with Gasteiger partial charge in [0.25, 0.3) is 0 Å². The summed E-state index contributed by atoms with van der Waals surface area (Å²) in [6, 6.07) is 7.64. The van der Waals surface area contributed by atoms with Crippen LogP contribution in [0.1, 0.15) is 4.88 Å². The Kier molecular flexibility index (Phi) is 5.23. The topological polar surface area (TPSA) is 74.3 Å². The van der Waals surface area contributed by atoms with Crippen LogP contribution in [0.3, 0.4) is 0 Å². The van der Waals surface area contributed by atoms with Crippen LogP contribution in [0.4, 0.5) is 5.82 Å². The highest BCUT2D eigenvalue weighted by molar-refractivity contribution is 7.91. The second kappa shape index (κ2) is 7.61. The SMILES string of the molecule is O=S(=O)(NCCc1cccs1)c1cc2c(N3CCNCC3)nccc2s1. The molecular weight excluding hydrogens is 388 g/mol. The summed E-state index contributed by atoms with van der Waals surface area (Å²) in [6.45, 7) is 3.99. The van der Waals surface area contributed by atoms with Gasteiger partial charge in [-0.1, -0.05) is 6.07 Å². The molecule has 1 aliphatic rings. The van der Waals surface area contributed by atoms with Gasteiger partial charge in [0.05, 0.1) is 0 Å². The maximum atomic E-state index is 12.7. The number of sulfonamides is 1. The summed E-state index contributed by atoms with van der Waals surface area (Å²) >= 11 is 2.94. The summed E-state index contributed by atoms with van der Waals surface area (Å²) < 4.78 is 29.4. The second-order valence-corrected chi connectivity index (χ2v) is 10.2. The van der Waals surface area contributed by atoms with Gasteiger partial charge in [-0.3, -0.25) is 0 Å². The van der Waals surface area contributed by atoms with E-state index in [0.29, 0.717) is 17.2 Å². The maximum absolute atomic E-state index is 12.7. The van der Waals surface area contributed by atoms with Gasteiger partial charge in [-0.2, -0.15) is 0 Å². The number of nitrogens with zero attached hydrogens (tertiary/aromatic N) is 2. The fourth-order valence-electron chi connectivity index (χ4n) is 3.02. The third kappa shape index (κ3) is 3.77. The summed E-state index contributed by atoms with van der Waals surface area (Å²) in [7, 11) is -3.51. The van der Waals surface area contributed by atoms with Gasteiger partial charge in [0.2, 0.25) is 10.0 Å². The zero-order valence-corrected chi connectivity index (χ0v) is 16.6. The van der Waals surface area contributed by atoms with Crippen molar-refractivity contribution in [2.75, 3.05) is 37.6 Å². The van der Waals surface area contributed by atoms with E-state index in [1.807, 2.05) is 23.6 Å². The summed E-state index contributed by atoms with van der Waals surface area (Å²) in [6.07, 6.45) is 2.46. The van der Waals surface area contributed by atoms with Crippen molar-refractivity contribution in [2.24, 2.45) is 0 Å². The normalized spacial score (nSPS) is 15.6. The molecule has 4 rings (SSSR count). The van der Waals surface area contributed by atoms with Crippen LogP contribution in [0.2, 0.25) is 0 Å². The Bertz CT molecular complexity index is 977. The van der Waals surface area contributed by atoms with E-state index in [1.165, 1.54) is 16.2 Å². The first-order valence-corrected chi connectivity index (χ1v) is 11.7. The molecule has 3 aromatic rings. The molecule has 4 heterocycles.